The van der Waals surface area contributed by atoms with Crippen molar-refractivity contribution >= 4 is 5.95 Å². The number of H-pyrrole nitrogens is 1. The minimum atomic E-state index is 0.455. The first-order valence-corrected chi connectivity index (χ1v) is 4.54. The van der Waals surface area contributed by atoms with Crippen LogP contribution in [0.25, 0.3) is 0 Å². The van der Waals surface area contributed by atoms with Crippen LogP contribution in [0.15, 0.2) is 0 Å². The quantitative estimate of drug-likeness (QED) is 0.636. The smallest absolute Gasteiger partial charge is 0.266 e. The van der Waals surface area contributed by atoms with E-state index in [1.54, 1.807) is 0 Å². The maximum Gasteiger partial charge on any atom is 0.266 e. The summed E-state index contributed by atoms with van der Waals surface area (Å²) >= 11 is 0. The van der Waals surface area contributed by atoms with Crippen molar-refractivity contribution in [3.05, 3.63) is 0 Å². The molecule has 2 saturated heterocycles. The Morgan fingerprint density at radius 3 is 2.69 bits per heavy atom. The van der Waals surface area contributed by atoms with Crippen LogP contribution < -0.4 is 4.90 Å². The molecule has 1 aromatic heterocycles. The predicted octanol–water partition coefficient (Wildman–Crippen LogP) is -0.433. The largest absolute Gasteiger partial charge is 0.377 e. The summed E-state index contributed by atoms with van der Waals surface area (Å²) < 4.78 is 5.46. The number of nitrogens with zero attached hydrogens (tertiary/aromatic N) is 4. The topological polar surface area (TPSA) is 66.9 Å². The van der Waals surface area contributed by atoms with Crippen molar-refractivity contribution in [2.75, 3.05) is 18.1 Å². The van der Waals surface area contributed by atoms with Gasteiger partial charge in [-0.1, -0.05) is 5.10 Å². The fraction of sp³-hybridized carbons (Fsp3) is 0.857. The Hall–Kier alpha value is -1.17. The molecule has 1 aromatic rings. The minimum absolute atomic E-state index is 0.455. The molecule has 6 heteroatoms. The molecule has 0 radical (unpaired) electrons. The van der Waals surface area contributed by atoms with Crippen molar-refractivity contribution in [2.24, 2.45) is 0 Å². The zero-order chi connectivity index (χ0) is 8.67. The van der Waals surface area contributed by atoms with Crippen LogP contribution >= 0.6 is 0 Å². The zero-order valence-corrected chi connectivity index (χ0v) is 7.18. The number of nitrogens with one attached hydrogen (secondary N) is 1. The van der Waals surface area contributed by atoms with E-state index in [-0.39, 0.29) is 0 Å². The van der Waals surface area contributed by atoms with E-state index in [2.05, 4.69) is 25.5 Å². The Labute approximate surface area is 75.3 Å². The number of fused-ring (bicyclic) bond motifs is 2. The van der Waals surface area contributed by atoms with Gasteiger partial charge in [0.15, 0.2) is 0 Å². The van der Waals surface area contributed by atoms with Crippen LogP contribution in [0.3, 0.4) is 0 Å². The molecule has 0 aromatic carbocycles. The van der Waals surface area contributed by atoms with Crippen molar-refractivity contribution in [1.82, 2.24) is 20.6 Å². The third-order valence-corrected chi connectivity index (χ3v) is 2.81. The lowest BCUT2D eigenvalue weighted by Gasteiger charge is -2.33. The Morgan fingerprint density at radius 1 is 1.31 bits per heavy atom. The van der Waals surface area contributed by atoms with Crippen molar-refractivity contribution < 1.29 is 4.74 Å². The summed E-state index contributed by atoms with van der Waals surface area (Å²) in [6, 6.07) is 0.910. The van der Waals surface area contributed by atoms with Crippen LogP contribution in [-0.2, 0) is 4.74 Å². The van der Waals surface area contributed by atoms with Gasteiger partial charge >= 0.3 is 0 Å². The molecule has 2 unspecified atom stereocenters. The number of rotatable bonds is 1. The van der Waals surface area contributed by atoms with Gasteiger partial charge in [-0.2, -0.15) is 5.21 Å². The van der Waals surface area contributed by atoms with Gasteiger partial charge in [0, 0.05) is 0 Å². The van der Waals surface area contributed by atoms with Crippen molar-refractivity contribution in [3.8, 4) is 0 Å². The van der Waals surface area contributed by atoms with E-state index in [9.17, 15) is 0 Å². The zero-order valence-electron chi connectivity index (χ0n) is 7.18. The molecule has 13 heavy (non-hydrogen) atoms. The third kappa shape index (κ3) is 1.02. The van der Waals surface area contributed by atoms with Crippen LogP contribution in [-0.4, -0.2) is 45.9 Å². The van der Waals surface area contributed by atoms with Gasteiger partial charge in [0.25, 0.3) is 5.95 Å². The molecule has 2 atom stereocenters. The van der Waals surface area contributed by atoms with Gasteiger partial charge in [-0.15, -0.1) is 5.10 Å². The molecule has 1 N–H and O–H groups in total. The SMILES string of the molecule is C1CC2COCC1N2c1nn[nH]n1. The molecule has 2 fully saturated rings. The first-order valence-electron chi connectivity index (χ1n) is 4.54. The first kappa shape index (κ1) is 7.25. The highest BCUT2D eigenvalue weighted by molar-refractivity contribution is 5.34. The van der Waals surface area contributed by atoms with Gasteiger partial charge in [-0.3, -0.25) is 0 Å². The van der Waals surface area contributed by atoms with E-state index in [0.29, 0.717) is 12.1 Å². The summed E-state index contributed by atoms with van der Waals surface area (Å²) in [5.41, 5.74) is 0. The Kier molecular flexibility index (Phi) is 1.49. The van der Waals surface area contributed by atoms with Gasteiger partial charge in [0.05, 0.1) is 25.3 Å². The summed E-state index contributed by atoms with van der Waals surface area (Å²) in [5.74, 6) is 0.718. The van der Waals surface area contributed by atoms with Gasteiger partial charge in [-0.25, -0.2) is 0 Å². The molecule has 0 aliphatic carbocycles. The molecule has 0 amide bonds. The standard InChI is InChI=1S/C7H11N5O/c1-2-6-4-13-3-5(1)12(6)7-8-10-11-9-7/h5-6H,1-4H2,(H,8,9,10,11). The average molecular weight is 181 g/mol. The summed E-state index contributed by atoms with van der Waals surface area (Å²) in [7, 11) is 0. The molecule has 70 valence electrons. The second kappa shape index (κ2) is 2.66. The van der Waals surface area contributed by atoms with Crippen molar-refractivity contribution in [3.63, 3.8) is 0 Å². The van der Waals surface area contributed by atoms with Crippen molar-refractivity contribution in [2.45, 2.75) is 24.9 Å². The molecule has 6 nitrogen and oxygen atoms in total. The van der Waals surface area contributed by atoms with Gasteiger partial charge < -0.3 is 9.64 Å². The van der Waals surface area contributed by atoms with Gasteiger partial charge in [0.2, 0.25) is 0 Å². The summed E-state index contributed by atoms with van der Waals surface area (Å²) in [6.45, 7) is 1.59. The molecular weight excluding hydrogens is 170 g/mol. The summed E-state index contributed by atoms with van der Waals surface area (Å²) in [5, 5.41) is 14.1. The molecule has 2 aliphatic heterocycles. The normalized spacial score (nSPS) is 32.5. The number of ether oxygens (including phenoxy) is 1. The highest BCUT2D eigenvalue weighted by Crippen LogP contribution is 2.30. The van der Waals surface area contributed by atoms with E-state index in [1.807, 2.05) is 0 Å². The molecule has 3 heterocycles. The highest BCUT2D eigenvalue weighted by Gasteiger charge is 2.39. The lowest BCUT2D eigenvalue weighted by Crippen LogP contribution is -2.46. The average Bonchev–Trinajstić information content (AvgIpc) is 2.72. The number of hydrogen-bond acceptors (Lipinski definition) is 5. The summed E-state index contributed by atoms with van der Waals surface area (Å²) in [6.07, 6.45) is 2.36. The van der Waals surface area contributed by atoms with Gasteiger partial charge in [0.1, 0.15) is 0 Å². The van der Waals surface area contributed by atoms with E-state index < -0.39 is 0 Å². The van der Waals surface area contributed by atoms with E-state index in [1.165, 1.54) is 12.8 Å². The van der Waals surface area contributed by atoms with Crippen LogP contribution in [0.5, 0.6) is 0 Å². The first-order chi connectivity index (χ1) is 6.45. The lowest BCUT2D eigenvalue weighted by atomic mass is 10.2. The minimum Gasteiger partial charge on any atom is -0.377 e. The Morgan fingerprint density at radius 2 is 2.08 bits per heavy atom. The number of morpholine rings is 1. The van der Waals surface area contributed by atoms with Crippen LogP contribution in [0.2, 0.25) is 0 Å². The van der Waals surface area contributed by atoms with Crippen LogP contribution in [0.4, 0.5) is 5.95 Å². The molecule has 0 saturated carbocycles. The highest BCUT2D eigenvalue weighted by atomic mass is 16.5. The van der Waals surface area contributed by atoms with E-state index >= 15 is 0 Å². The second-order valence-electron chi connectivity index (χ2n) is 3.54. The number of tetrazole rings is 1. The predicted molar refractivity (Wildman–Crippen MR) is 44.3 cm³/mol. The molecule has 2 aliphatic rings. The third-order valence-electron chi connectivity index (χ3n) is 2.81. The van der Waals surface area contributed by atoms with E-state index in [0.717, 1.165) is 19.2 Å². The molecule has 3 rings (SSSR count). The summed E-state index contributed by atoms with van der Waals surface area (Å²) in [4.78, 5) is 2.23. The fourth-order valence-corrected chi connectivity index (χ4v) is 2.22. The lowest BCUT2D eigenvalue weighted by molar-refractivity contribution is 0.0897. The maximum atomic E-state index is 5.46. The van der Waals surface area contributed by atoms with Crippen LogP contribution in [0, 0.1) is 0 Å². The number of aromatic amines is 1. The maximum absolute atomic E-state index is 5.46. The van der Waals surface area contributed by atoms with E-state index in [4.69, 9.17) is 4.74 Å². The Bertz CT molecular complexity index is 271. The molecular formula is C7H11N5O. The second-order valence-corrected chi connectivity index (χ2v) is 3.54. The van der Waals surface area contributed by atoms with Crippen LogP contribution in [0.1, 0.15) is 12.8 Å². The monoisotopic (exact) mass is 181 g/mol. The fourth-order valence-electron chi connectivity index (χ4n) is 2.22. The molecule has 2 bridgehead atoms. The van der Waals surface area contributed by atoms with Gasteiger partial charge in [-0.05, 0) is 18.1 Å². The molecule has 0 spiro atoms. The number of aromatic nitrogens is 4. The number of anilines is 1. The Balaban J connectivity index is 1.91. The van der Waals surface area contributed by atoms with Crippen molar-refractivity contribution in [1.29, 1.82) is 0 Å². The number of hydrogen-bond donors (Lipinski definition) is 1.